The predicted molar refractivity (Wildman–Crippen MR) is 53.9 cm³/mol. The third kappa shape index (κ3) is 2.03. The predicted octanol–water partition coefficient (Wildman–Crippen LogP) is 1.62. The summed E-state index contributed by atoms with van der Waals surface area (Å²) < 4.78 is 0. The van der Waals surface area contributed by atoms with Crippen LogP contribution in [0.4, 0.5) is 0 Å². The first kappa shape index (κ1) is 11.0. The monoisotopic (exact) mass is 186 g/mol. The minimum absolute atomic E-state index is 0.130. The topological polar surface area (TPSA) is 35.5 Å². The van der Waals surface area contributed by atoms with Gasteiger partial charge in [-0.05, 0) is 47.6 Å². The molecule has 0 atom stereocenters. The van der Waals surface area contributed by atoms with Gasteiger partial charge in [0.2, 0.25) is 0 Å². The Kier molecular flexibility index (Phi) is 2.72. The number of nitrogens with zero attached hydrogens (tertiary/aromatic N) is 1. The zero-order valence-corrected chi connectivity index (χ0v) is 9.39. The van der Waals surface area contributed by atoms with Gasteiger partial charge in [-0.1, -0.05) is 0 Å². The van der Waals surface area contributed by atoms with Crippen molar-refractivity contribution in [3.63, 3.8) is 0 Å². The van der Waals surface area contributed by atoms with Gasteiger partial charge in [-0.3, -0.25) is 0 Å². The third-order valence-corrected chi connectivity index (χ3v) is 3.05. The summed E-state index contributed by atoms with van der Waals surface area (Å²) in [5, 5.41) is 14.8. The Morgan fingerprint density at radius 2 is 1.54 bits per heavy atom. The molecule has 0 unspecified atom stereocenters. The molecule has 0 saturated carbocycles. The summed E-state index contributed by atoms with van der Waals surface area (Å²) in [4.78, 5) is 0. The van der Waals surface area contributed by atoms with Gasteiger partial charge in [0.15, 0.2) is 0 Å². The fourth-order valence-electron chi connectivity index (χ4n) is 2.47. The first-order valence-corrected chi connectivity index (χ1v) is 4.96. The summed E-state index contributed by atoms with van der Waals surface area (Å²) in [6, 6.07) is 0.508. The van der Waals surface area contributed by atoms with Crippen LogP contribution in [0.3, 0.4) is 0 Å². The van der Waals surface area contributed by atoms with Gasteiger partial charge in [0, 0.05) is 17.1 Å². The number of hydrogen-bond acceptors (Lipinski definition) is 3. The average Bonchev–Trinajstić information content (AvgIpc) is 1.99. The van der Waals surface area contributed by atoms with E-state index in [1.54, 1.807) is 0 Å². The van der Waals surface area contributed by atoms with Crippen molar-refractivity contribution in [2.45, 2.75) is 57.7 Å². The molecule has 0 amide bonds. The first-order valence-electron chi connectivity index (χ1n) is 4.96. The molecule has 78 valence electrons. The van der Waals surface area contributed by atoms with E-state index in [1.807, 2.05) is 7.05 Å². The second kappa shape index (κ2) is 3.23. The van der Waals surface area contributed by atoms with Crippen LogP contribution in [0.15, 0.2) is 0 Å². The normalized spacial score (nSPS) is 29.1. The lowest BCUT2D eigenvalue weighted by Crippen LogP contribution is -2.62. The highest BCUT2D eigenvalue weighted by Gasteiger charge is 2.44. The van der Waals surface area contributed by atoms with Crippen molar-refractivity contribution >= 4 is 0 Å². The van der Waals surface area contributed by atoms with Gasteiger partial charge < -0.3 is 10.5 Å². The molecule has 0 aromatic rings. The van der Waals surface area contributed by atoms with Gasteiger partial charge in [0.25, 0.3) is 0 Å². The van der Waals surface area contributed by atoms with Crippen molar-refractivity contribution < 1.29 is 5.21 Å². The van der Waals surface area contributed by atoms with E-state index in [1.165, 1.54) is 5.06 Å². The summed E-state index contributed by atoms with van der Waals surface area (Å²) in [6.07, 6.45) is 1.98. The maximum atomic E-state index is 9.98. The molecular weight excluding hydrogens is 164 g/mol. The summed E-state index contributed by atoms with van der Waals surface area (Å²) in [5.41, 5.74) is -0.259. The zero-order valence-electron chi connectivity index (χ0n) is 9.39. The summed E-state index contributed by atoms with van der Waals surface area (Å²) in [7, 11) is 1.99. The van der Waals surface area contributed by atoms with Gasteiger partial charge in [-0.2, -0.15) is 5.06 Å². The average molecular weight is 186 g/mol. The highest BCUT2D eigenvalue weighted by Crippen LogP contribution is 2.36. The molecular formula is C10H22N2O. The molecule has 1 rings (SSSR count). The Morgan fingerprint density at radius 1 is 1.15 bits per heavy atom. The fraction of sp³-hybridized carbons (Fsp3) is 1.00. The second-order valence-corrected chi connectivity index (χ2v) is 5.33. The minimum atomic E-state index is -0.130. The number of nitrogens with one attached hydrogen (secondary N) is 1. The molecule has 0 aromatic heterocycles. The SMILES string of the molecule is CNC1CC(C)(C)N(O)C(C)(C)C1. The highest BCUT2D eigenvalue weighted by molar-refractivity contribution is 4.98. The minimum Gasteiger partial charge on any atom is -0.317 e. The van der Waals surface area contributed by atoms with Crippen LogP contribution in [0.25, 0.3) is 0 Å². The molecule has 1 aliphatic heterocycles. The molecule has 3 heteroatoms. The van der Waals surface area contributed by atoms with Gasteiger partial charge in [-0.15, -0.1) is 0 Å². The van der Waals surface area contributed by atoms with E-state index in [-0.39, 0.29) is 11.1 Å². The molecule has 0 spiro atoms. The van der Waals surface area contributed by atoms with Crippen LogP contribution in [0, 0.1) is 0 Å². The van der Waals surface area contributed by atoms with Crippen LogP contribution in [0.2, 0.25) is 0 Å². The zero-order chi connectivity index (χ0) is 10.3. The largest absolute Gasteiger partial charge is 0.317 e. The number of hydrogen-bond donors (Lipinski definition) is 2. The standard InChI is InChI=1S/C10H22N2O/c1-9(2)6-8(11-5)7-10(3,4)12(9)13/h8,11,13H,6-7H2,1-5H3. The summed E-state index contributed by atoms with van der Waals surface area (Å²) in [5.74, 6) is 0. The van der Waals surface area contributed by atoms with Crippen LogP contribution < -0.4 is 5.32 Å². The van der Waals surface area contributed by atoms with Crippen LogP contribution in [-0.2, 0) is 0 Å². The maximum absolute atomic E-state index is 9.98. The molecule has 13 heavy (non-hydrogen) atoms. The molecule has 1 heterocycles. The summed E-state index contributed by atoms with van der Waals surface area (Å²) >= 11 is 0. The Morgan fingerprint density at radius 3 is 1.85 bits per heavy atom. The van der Waals surface area contributed by atoms with E-state index in [4.69, 9.17) is 0 Å². The van der Waals surface area contributed by atoms with E-state index >= 15 is 0 Å². The molecule has 1 aliphatic rings. The van der Waals surface area contributed by atoms with Crippen molar-refractivity contribution in [3.8, 4) is 0 Å². The van der Waals surface area contributed by atoms with E-state index in [2.05, 4.69) is 33.0 Å². The van der Waals surface area contributed by atoms with Crippen LogP contribution in [0.5, 0.6) is 0 Å². The van der Waals surface area contributed by atoms with Crippen molar-refractivity contribution in [1.82, 2.24) is 10.4 Å². The number of piperidine rings is 1. The van der Waals surface area contributed by atoms with Crippen molar-refractivity contribution in [2.75, 3.05) is 7.05 Å². The molecule has 0 aliphatic carbocycles. The highest BCUT2D eigenvalue weighted by atomic mass is 16.5. The van der Waals surface area contributed by atoms with Gasteiger partial charge in [-0.25, -0.2) is 0 Å². The lowest BCUT2D eigenvalue weighted by Gasteiger charge is -2.51. The Bertz CT molecular complexity index is 171. The van der Waals surface area contributed by atoms with E-state index < -0.39 is 0 Å². The summed E-state index contributed by atoms with van der Waals surface area (Å²) in [6.45, 7) is 8.33. The van der Waals surface area contributed by atoms with Crippen LogP contribution in [0.1, 0.15) is 40.5 Å². The fourth-order valence-corrected chi connectivity index (χ4v) is 2.47. The number of rotatable bonds is 1. The van der Waals surface area contributed by atoms with Gasteiger partial charge in [0.05, 0.1) is 0 Å². The lowest BCUT2D eigenvalue weighted by atomic mass is 9.79. The van der Waals surface area contributed by atoms with Crippen LogP contribution in [-0.4, -0.2) is 34.4 Å². The quantitative estimate of drug-likeness (QED) is 0.653. The van der Waals surface area contributed by atoms with Crippen molar-refractivity contribution in [2.24, 2.45) is 0 Å². The van der Waals surface area contributed by atoms with E-state index in [0.717, 1.165) is 12.8 Å². The molecule has 0 bridgehead atoms. The van der Waals surface area contributed by atoms with Gasteiger partial charge in [0.1, 0.15) is 0 Å². The van der Waals surface area contributed by atoms with Crippen molar-refractivity contribution in [1.29, 1.82) is 0 Å². The molecule has 0 radical (unpaired) electrons. The Balaban J connectivity index is 2.82. The molecule has 1 fully saturated rings. The maximum Gasteiger partial charge on any atom is 0.0425 e. The second-order valence-electron chi connectivity index (χ2n) is 5.33. The van der Waals surface area contributed by atoms with Gasteiger partial charge >= 0.3 is 0 Å². The smallest absolute Gasteiger partial charge is 0.0425 e. The molecule has 3 nitrogen and oxygen atoms in total. The molecule has 0 aromatic carbocycles. The van der Waals surface area contributed by atoms with Crippen molar-refractivity contribution in [3.05, 3.63) is 0 Å². The Hall–Kier alpha value is -0.120. The van der Waals surface area contributed by atoms with E-state index in [0.29, 0.717) is 6.04 Å². The number of hydroxylamine groups is 2. The third-order valence-electron chi connectivity index (χ3n) is 3.05. The molecule has 1 saturated heterocycles. The first-order chi connectivity index (χ1) is 5.79. The van der Waals surface area contributed by atoms with E-state index in [9.17, 15) is 5.21 Å². The lowest BCUT2D eigenvalue weighted by molar-refractivity contribution is -0.245. The molecule has 2 N–H and O–H groups in total. The van der Waals surface area contributed by atoms with Crippen LogP contribution >= 0.6 is 0 Å². The Labute approximate surface area is 81.1 Å².